The molecule has 3 heteroatoms. The highest BCUT2D eigenvalue weighted by molar-refractivity contribution is 5.13. The molecule has 1 unspecified atom stereocenters. The fourth-order valence-corrected chi connectivity index (χ4v) is 1.77. The van der Waals surface area contributed by atoms with Crippen molar-refractivity contribution in [3.05, 3.63) is 53.7 Å². The first kappa shape index (κ1) is 11.9. The topological polar surface area (TPSA) is 52.0 Å². The van der Waals surface area contributed by atoms with Crippen LogP contribution < -0.4 is 5.73 Å². The van der Waals surface area contributed by atoms with Crippen LogP contribution in [0.4, 0.5) is 0 Å². The van der Waals surface area contributed by atoms with Gasteiger partial charge in [0.15, 0.2) is 0 Å². The third kappa shape index (κ3) is 3.71. The van der Waals surface area contributed by atoms with E-state index in [-0.39, 0.29) is 6.04 Å². The number of furan rings is 1. The van der Waals surface area contributed by atoms with Crippen molar-refractivity contribution < 1.29 is 4.42 Å². The Labute approximate surface area is 102 Å². The molecule has 2 rings (SSSR count). The van der Waals surface area contributed by atoms with Crippen LogP contribution in [0.25, 0.3) is 0 Å². The molecule has 0 aliphatic carbocycles. The molecule has 0 amide bonds. The second-order valence-corrected chi connectivity index (χ2v) is 4.41. The normalized spacial score (nSPS) is 12.6. The van der Waals surface area contributed by atoms with Crippen molar-refractivity contribution in [3.63, 3.8) is 0 Å². The average Bonchev–Trinajstić information content (AvgIpc) is 2.83. The first-order valence-electron chi connectivity index (χ1n) is 5.93. The monoisotopic (exact) mass is 230 g/mol. The summed E-state index contributed by atoms with van der Waals surface area (Å²) in [6.45, 7) is 2.04. The third-order valence-electron chi connectivity index (χ3n) is 2.79. The number of aryl methyl sites for hydroxylation is 2. The molecule has 0 saturated heterocycles. The van der Waals surface area contributed by atoms with Gasteiger partial charge in [0, 0.05) is 30.8 Å². The standard InChI is InChI=1S/C14H18N2O/c1-11-4-6-13(16-10-11)9-12(15)5-7-14-3-2-8-17-14/h2-4,6,8,10,12H,5,7,9,15H2,1H3. The van der Waals surface area contributed by atoms with Crippen LogP contribution in [0.5, 0.6) is 0 Å². The van der Waals surface area contributed by atoms with Crippen molar-refractivity contribution in [2.24, 2.45) is 5.73 Å². The molecule has 2 aromatic rings. The van der Waals surface area contributed by atoms with Gasteiger partial charge in [-0.3, -0.25) is 4.98 Å². The van der Waals surface area contributed by atoms with Gasteiger partial charge < -0.3 is 10.2 Å². The summed E-state index contributed by atoms with van der Waals surface area (Å²) in [4.78, 5) is 4.36. The summed E-state index contributed by atoms with van der Waals surface area (Å²) in [6, 6.07) is 8.14. The van der Waals surface area contributed by atoms with Gasteiger partial charge in [0.25, 0.3) is 0 Å². The van der Waals surface area contributed by atoms with E-state index in [1.165, 1.54) is 5.56 Å². The summed E-state index contributed by atoms with van der Waals surface area (Å²) in [5.41, 5.74) is 8.32. The van der Waals surface area contributed by atoms with Crippen molar-refractivity contribution >= 4 is 0 Å². The van der Waals surface area contributed by atoms with Gasteiger partial charge in [-0.1, -0.05) is 6.07 Å². The number of pyridine rings is 1. The number of hydrogen-bond acceptors (Lipinski definition) is 3. The van der Waals surface area contributed by atoms with Crippen LogP contribution in [0.3, 0.4) is 0 Å². The maximum absolute atomic E-state index is 6.08. The van der Waals surface area contributed by atoms with Crippen LogP contribution in [0, 0.1) is 6.92 Å². The molecule has 0 bridgehead atoms. The molecular formula is C14H18N2O. The van der Waals surface area contributed by atoms with Gasteiger partial charge in [-0.15, -0.1) is 0 Å². The summed E-state index contributed by atoms with van der Waals surface area (Å²) in [6.07, 6.45) is 6.21. The van der Waals surface area contributed by atoms with Gasteiger partial charge in [-0.05, 0) is 37.1 Å². The Balaban J connectivity index is 1.80. The van der Waals surface area contributed by atoms with E-state index in [9.17, 15) is 0 Å². The van der Waals surface area contributed by atoms with Crippen LogP contribution in [0.1, 0.15) is 23.4 Å². The first-order valence-corrected chi connectivity index (χ1v) is 5.93. The molecule has 0 aliphatic rings. The van der Waals surface area contributed by atoms with E-state index in [0.29, 0.717) is 0 Å². The fourth-order valence-electron chi connectivity index (χ4n) is 1.77. The second-order valence-electron chi connectivity index (χ2n) is 4.41. The SMILES string of the molecule is Cc1ccc(CC(N)CCc2ccco2)nc1. The molecule has 2 aromatic heterocycles. The molecule has 3 nitrogen and oxygen atoms in total. The van der Waals surface area contributed by atoms with E-state index < -0.39 is 0 Å². The van der Waals surface area contributed by atoms with Crippen LogP contribution in [-0.4, -0.2) is 11.0 Å². The Morgan fingerprint density at radius 2 is 2.24 bits per heavy atom. The molecule has 0 aliphatic heterocycles. The van der Waals surface area contributed by atoms with E-state index in [0.717, 1.165) is 30.7 Å². The van der Waals surface area contributed by atoms with Gasteiger partial charge in [0.2, 0.25) is 0 Å². The zero-order valence-corrected chi connectivity index (χ0v) is 10.1. The predicted octanol–water partition coefficient (Wildman–Crippen LogP) is 2.49. The smallest absolute Gasteiger partial charge is 0.103 e. The van der Waals surface area contributed by atoms with Gasteiger partial charge in [0.1, 0.15) is 5.76 Å². The van der Waals surface area contributed by atoms with Crippen molar-refractivity contribution in [1.82, 2.24) is 4.98 Å². The lowest BCUT2D eigenvalue weighted by atomic mass is 10.1. The van der Waals surface area contributed by atoms with Crippen LogP contribution in [0.15, 0.2) is 41.1 Å². The predicted molar refractivity (Wildman–Crippen MR) is 67.7 cm³/mol. The minimum absolute atomic E-state index is 0.135. The minimum Gasteiger partial charge on any atom is -0.469 e. The van der Waals surface area contributed by atoms with E-state index >= 15 is 0 Å². The lowest BCUT2D eigenvalue weighted by Gasteiger charge is -2.10. The largest absolute Gasteiger partial charge is 0.469 e. The summed E-state index contributed by atoms with van der Waals surface area (Å²) >= 11 is 0. The Morgan fingerprint density at radius 1 is 1.35 bits per heavy atom. The maximum Gasteiger partial charge on any atom is 0.103 e. The molecule has 0 saturated carbocycles. The summed E-state index contributed by atoms with van der Waals surface area (Å²) < 4.78 is 5.28. The quantitative estimate of drug-likeness (QED) is 0.858. The van der Waals surface area contributed by atoms with Gasteiger partial charge >= 0.3 is 0 Å². The Kier molecular flexibility index (Phi) is 3.94. The zero-order valence-electron chi connectivity index (χ0n) is 10.1. The second kappa shape index (κ2) is 5.64. The number of rotatable bonds is 5. The van der Waals surface area contributed by atoms with E-state index in [4.69, 9.17) is 10.2 Å². The Hall–Kier alpha value is -1.61. The molecule has 0 aromatic carbocycles. The van der Waals surface area contributed by atoms with Gasteiger partial charge in [0.05, 0.1) is 6.26 Å². The lowest BCUT2D eigenvalue weighted by molar-refractivity contribution is 0.483. The van der Waals surface area contributed by atoms with E-state index in [1.54, 1.807) is 6.26 Å². The maximum atomic E-state index is 6.08. The van der Waals surface area contributed by atoms with Crippen molar-refractivity contribution in [1.29, 1.82) is 0 Å². The number of nitrogens with two attached hydrogens (primary N) is 1. The third-order valence-corrected chi connectivity index (χ3v) is 2.79. The zero-order chi connectivity index (χ0) is 12.1. The summed E-state index contributed by atoms with van der Waals surface area (Å²) in [5, 5.41) is 0. The molecule has 0 radical (unpaired) electrons. The molecule has 2 N–H and O–H groups in total. The highest BCUT2D eigenvalue weighted by Crippen LogP contribution is 2.08. The molecular weight excluding hydrogens is 212 g/mol. The highest BCUT2D eigenvalue weighted by atomic mass is 16.3. The lowest BCUT2D eigenvalue weighted by Crippen LogP contribution is -2.23. The molecule has 1 atom stereocenters. The molecule has 17 heavy (non-hydrogen) atoms. The van der Waals surface area contributed by atoms with Crippen molar-refractivity contribution in [3.8, 4) is 0 Å². The molecule has 90 valence electrons. The highest BCUT2D eigenvalue weighted by Gasteiger charge is 2.06. The molecule has 2 heterocycles. The molecule has 0 spiro atoms. The van der Waals surface area contributed by atoms with Gasteiger partial charge in [-0.2, -0.15) is 0 Å². The Bertz CT molecular complexity index is 434. The van der Waals surface area contributed by atoms with Crippen LogP contribution in [0.2, 0.25) is 0 Å². The average molecular weight is 230 g/mol. The van der Waals surface area contributed by atoms with E-state index in [1.807, 2.05) is 31.3 Å². The number of hydrogen-bond donors (Lipinski definition) is 1. The summed E-state index contributed by atoms with van der Waals surface area (Å²) in [5.74, 6) is 0.998. The first-order chi connectivity index (χ1) is 8.24. The number of aromatic nitrogens is 1. The van der Waals surface area contributed by atoms with Crippen molar-refractivity contribution in [2.75, 3.05) is 0 Å². The van der Waals surface area contributed by atoms with Crippen LogP contribution in [-0.2, 0) is 12.8 Å². The van der Waals surface area contributed by atoms with Crippen molar-refractivity contribution in [2.45, 2.75) is 32.2 Å². The van der Waals surface area contributed by atoms with E-state index in [2.05, 4.69) is 11.1 Å². The van der Waals surface area contributed by atoms with Crippen LogP contribution >= 0.6 is 0 Å². The fraction of sp³-hybridized carbons (Fsp3) is 0.357. The Morgan fingerprint density at radius 3 is 2.88 bits per heavy atom. The number of nitrogens with zero attached hydrogens (tertiary/aromatic N) is 1. The van der Waals surface area contributed by atoms with Gasteiger partial charge in [-0.25, -0.2) is 0 Å². The molecule has 0 fully saturated rings. The summed E-state index contributed by atoms with van der Waals surface area (Å²) in [7, 11) is 0. The minimum atomic E-state index is 0.135.